The fraction of sp³-hybridized carbons (Fsp3) is 0.130. The van der Waals surface area contributed by atoms with E-state index in [0.29, 0.717) is 5.69 Å². The standard InChI is InChI=1S/C23H20ClN3O4S/c1-16-6-5-11-27-14-19(26-22(16)27)15-31-23(28)18-9-10-20(24)21(12-18)32(29,30)25-13-17-7-3-2-4-8-17/h2-12,14,25H,13,15H2,1H3. The molecule has 0 bridgehead atoms. The number of carbonyl (C=O) groups is 1. The first-order valence-corrected chi connectivity index (χ1v) is 11.6. The zero-order chi connectivity index (χ0) is 22.7. The van der Waals surface area contributed by atoms with Crippen molar-refractivity contribution in [1.29, 1.82) is 0 Å². The molecule has 2 heterocycles. The number of benzene rings is 2. The van der Waals surface area contributed by atoms with Gasteiger partial charge < -0.3 is 9.14 Å². The van der Waals surface area contributed by atoms with Gasteiger partial charge in [0.1, 0.15) is 17.1 Å². The number of imidazole rings is 1. The summed E-state index contributed by atoms with van der Waals surface area (Å²) < 4.78 is 35.2. The number of aromatic nitrogens is 2. The van der Waals surface area contributed by atoms with Crippen molar-refractivity contribution in [3.05, 3.63) is 100 Å². The van der Waals surface area contributed by atoms with Crippen LogP contribution in [0.2, 0.25) is 5.02 Å². The zero-order valence-electron chi connectivity index (χ0n) is 17.2. The van der Waals surface area contributed by atoms with E-state index in [1.807, 2.05) is 47.9 Å². The monoisotopic (exact) mass is 469 g/mol. The predicted molar refractivity (Wildman–Crippen MR) is 121 cm³/mol. The first-order valence-electron chi connectivity index (χ1n) is 9.77. The first kappa shape index (κ1) is 22.0. The highest BCUT2D eigenvalue weighted by atomic mass is 35.5. The maximum Gasteiger partial charge on any atom is 0.338 e. The number of rotatable bonds is 7. The number of hydrogen-bond donors (Lipinski definition) is 1. The number of pyridine rings is 1. The number of sulfonamides is 1. The Bertz CT molecular complexity index is 1390. The summed E-state index contributed by atoms with van der Waals surface area (Å²) >= 11 is 6.12. The van der Waals surface area contributed by atoms with Gasteiger partial charge in [0.2, 0.25) is 10.0 Å². The van der Waals surface area contributed by atoms with Crippen LogP contribution in [-0.2, 0) is 27.9 Å². The van der Waals surface area contributed by atoms with Crippen molar-refractivity contribution >= 4 is 33.2 Å². The number of halogens is 1. The molecule has 9 heteroatoms. The number of carbonyl (C=O) groups excluding carboxylic acids is 1. The molecule has 0 fully saturated rings. The molecule has 0 amide bonds. The summed E-state index contributed by atoms with van der Waals surface area (Å²) in [6.07, 6.45) is 3.64. The number of ether oxygens (including phenoxy) is 1. The third kappa shape index (κ3) is 4.83. The summed E-state index contributed by atoms with van der Waals surface area (Å²) in [5, 5.41) is 0.0120. The number of aryl methyl sites for hydroxylation is 1. The molecule has 1 N–H and O–H groups in total. The Morgan fingerprint density at radius 1 is 1.12 bits per heavy atom. The number of nitrogens with one attached hydrogen (secondary N) is 1. The van der Waals surface area contributed by atoms with Gasteiger partial charge in [-0.15, -0.1) is 0 Å². The Kier molecular flexibility index (Phi) is 6.27. The number of esters is 1. The average molecular weight is 470 g/mol. The van der Waals surface area contributed by atoms with E-state index < -0.39 is 16.0 Å². The van der Waals surface area contributed by atoms with Gasteiger partial charge >= 0.3 is 5.97 Å². The number of fused-ring (bicyclic) bond motifs is 1. The van der Waals surface area contributed by atoms with E-state index in [9.17, 15) is 13.2 Å². The number of nitrogens with zero attached hydrogens (tertiary/aromatic N) is 2. The minimum Gasteiger partial charge on any atom is -0.456 e. The maximum atomic E-state index is 12.8. The average Bonchev–Trinajstić information content (AvgIpc) is 3.22. The van der Waals surface area contributed by atoms with Crippen molar-refractivity contribution in [2.24, 2.45) is 0 Å². The third-order valence-electron chi connectivity index (χ3n) is 4.84. The molecular formula is C23H20ClN3O4S. The van der Waals surface area contributed by atoms with Gasteiger partial charge in [-0.2, -0.15) is 0 Å². The van der Waals surface area contributed by atoms with Crippen LogP contribution >= 0.6 is 11.6 Å². The molecule has 4 aromatic rings. The Morgan fingerprint density at radius 2 is 1.91 bits per heavy atom. The van der Waals surface area contributed by atoms with Crippen LogP contribution in [0.4, 0.5) is 0 Å². The molecule has 7 nitrogen and oxygen atoms in total. The van der Waals surface area contributed by atoms with E-state index in [4.69, 9.17) is 16.3 Å². The lowest BCUT2D eigenvalue weighted by Crippen LogP contribution is -2.24. The Hall–Kier alpha value is -3.20. The quantitative estimate of drug-likeness (QED) is 0.411. The topological polar surface area (TPSA) is 89.8 Å². The van der Waals surface area contributed by atoms with Gasteiger partial charge in [-0.05, 0) is 42.3 Å². The van der Waals surface area contributed by atoms with Gasteiger partial charge in [0.15, 0.2) is 0 Å². The lowest BCUT2D eigenvalue weighted by atomic mass is 10.2. The van der Waals surface area contributed by atoms with Crippen LogP contribution in [-0.4, -0.2) is 23.8 Å². The molecule has 4 rings (SSSR count). The highest BCUT2D eigenvalue weighted by Gasteiger charge is 2.21. The number of hydrogen-bond acceptors (Lipinski definition) is 5. The van der Waals surface area contributed by atoms with E-state index >= 15 is 0 Å². The molecule has 0 aliphatic carbocycles. The second-order valence-corrected chi connectivity index (χ2v) is 9.33. The second kappa shape index (κ2) is 9.12. The van der Waals surface area contributed by atoms with Crippen LogP contribution < -0.4 is 4.72 Å². The molecule has 0 saturated carbocycles. The summed E-state index contributed by atoms with van der Waals surface area (Å²) in [6.45, 7) is 2.00. The molecule has 0 spiro atoms. The van der Waals surface area contributed by atoms with Crippen LogP contribution in [0, 0.1) is 6.92 Å². The van der Waals surface area contributed by atoms with Gasteiger partial charge in [-0.3, -0.25) is 0 Å². The minimum atomic E-state index is -3.94. The van der Waals surface area contributed by atoms with Gasteiger partial charge in [0, 0.05) is 18.9 Å². The van der Waals surface area contributed by atoms with Crippen molar-refractivity contribution in [1.82, 2.24) is 14.1 Å². The highest BCUT2D eigenvalue weighted by Crippen LogP contribution is 2.23. The summed E-state index contributed by atoms with van der Waals surface area (Å²) in [5.74, 6) is -0.671. The molecule has 2 aromatic heterocycles. The lowest BCUT2D eigenvalue weighted by Gasteiger charge is -2.10. The smallest absolute Gasteiger partial charge is 0.338 e. The molecule has 0 aliphatic rings. The van der Waals surface area contributed by atoms with Crippen molar-refractivity contribution in [3.63, 3.8) is 0 Å². The van der Waals surface area contributed by atoms with Gasteiger partial charge in [0.05, 0.1) is 16.3 Å². The third-order valence-corrected chi connectivity index (χ3v) is 6.73. The summed E-state index contributed by atoms with van der Waals surface area (Å²) in [4.78, 5) is 16.8. The van der Waals surface area contributed by atoms with Crippen LogP contribution in [0.15, 0.2) is 78.0 Å². The van der Waals surface area contributed by atoms with E-state index in [1.165, 1.54) is 18.2 Å². The van der Waals surface area contributed by atoms with Crippen molar-refractivity contribution < 1.29 is 17.9 Å². The molecule has 0 unspecified atom stereocenters. The minimum absolute atomic E-state index is 0.0120. The fourth-order valence-corrected chi connectivity index (χ4v) is 4.73. The van der Waals surface area contributed by atoms with Crippen LogP contribution in [0.3, 0.4) is 0 Å². The SMILES string of the molecule is Cc1cccn2cc(COC(=O)c3ccc(Cl)c(S(=O)(=O)NCc4ccccc4)c3)nc12. The van der Waals surface area contributed by atoms with Crippen LogP contribution in [0.25, 0.3) is 5.65 Å². The predicted octanol–water partition coefficient (Wildman–Crippen LogP) is 4.13. The van der Waals surface area contributed by atoms with Gasteiger partial charge in [-0.1, -0.05) is 48.0 Å². The fourth-order valence-electron chi connectivity index (χ4n) is 3.18. The molecule has 0 radical (unpaired) electrons. The first-order chi connectivity index (χ1) is 15.3. The summed E-state index contributed by atoms with van der Waals surface area (Å²) in [5.41, 5.74) is 3.24. The molecular weight excluding hydrogens is 450 g/mol. The highest BCUT2D eigenvalue weighted by molar-refractivity contribution is 7.89. The second-order valence-electron chi connectivity index (χ2n) is 7.19. The Morgan fingerprint density at radius 3 is 2.66 bits per heavy atom. The normalized spacial score (nSPS) is 11.6. The van der Waals surface area contributed by atoms with Crippen molar-refractivity contribution in [3.8, 4) is 0 Å². The van der Waals surface area contributed by atoms with Gasteiger partial charge in [-0.25, -0.2) is 22.9 Å². The van der Waals surface area contributed by atoms with E-state index in [-0.39, 0.29) is 28.6 Å². The van der Waals surface area contributed by atoms with Crippen molar-refractivity contribution in [2.75, 3.05) is 0 Å². The lowest BCUT2D eigenvalue weighted by molar-refractivity contribution is 0.0468. The van der Waals surface area contributed by atoms with Gasteiger partial charge in [0.25, 0.3) is 0 Å². The maximum absolute atomic E-state index is 12.8. The molecule has 2 aromatic carbocycles. The van der Waals surface area contributed by atoms with E-state index in [1.54, 1.807) is 18.3 Å². The van der Waals surface area contributed by atoms with E-state index in [2.05, 4.69) is 9.71 Å². The summed E-state index contributed by atoms with van der Waals surface area (Å²) in [7, 11) is -3.94. The molecule has 0 saturated heterocycles. The van der Waals surface area contributed by atoms with Crippen LogP contribution in [0.5, 0.6) is 0 Å². The van der Waals surface area contributed by atoms with Crippen LogP contribution in [0.1, 0.15) is 27.2 Å². The largest absolute Gasteiger partial charge is 0.456 e. The molecule has 32 heavy (non-hydrogen) atoms. The van der Waals surface area contributed by atoms with E-state index in [0.717, 1.165) is 16.8 Å². The molecule has 164 valence electrons. The van der Waals surface area contributed by atoms with Crippen molar-refractivity contribution in [2.45, 2.75) is 25.0 Å². The Balaban J connectivity index is 1.48. The molecule has 0 atom stereocenters. The summed E-state index contributed by atoms with van der Waals surface area (Å²) in [6, 6.07) is 16.9. The Labute approximate surface area is 190 Å². The molecule has 0 aliphatic heterocycles. The zero-order valence-corrected chi connectivity index (χ0v) is 18.7.